The van der Waals surface area contributed by atoms with Crippen molar-refractivity contribution < 1.29 is 8.78 Å². The van der Waals surface area contributed by atoms with Gasteiger partial charge in [-0.15, -0.1) is 0 Å². The number of alkyl halides is 2. The second-order valence-corrected chi connectivity index (χ2v) is 4.32. The van der Waals surface area contributed by atoms with E-state index in [1.54, 1.807) is 12.1 Å². The highest BCUT2D eigenvalue weighted by atomic mass is 19.3. The monoisotopic (exact) mass is 246 g/mol. The van der Waals surface area contributed by atoms with E-state index in [4.69, 9.17) is 0 Å². The Morgan fingerprint density at radius 3 is 2.78 bits per heavy atom. The lowest BCUT2D eigenvalue weighted by Gasteiger charge is -2.09. The first-order chi connectivity index (χ1) is 8.75. The first-order valence-corrected chi connectivity index (χ1v) is 5.81. The molecule has 1 aliphatic rings. The normalized spacial score (nSPS) is 13.9. The van der Waals surface area contributed by atoms with E-state index in [9.17, 15) is 8.78 Å². The fraction of sp³-hybridized carbons (Fsp3) is 0.214. The van der Waals surface area contributed by atoms with Crippen LogP contribution in [0.3, 0.4) is 0 Å². The second kappa shape index (κ2) is 4.46. The molecule has 1 N–H and O–H groups in total. The summed E-state index contributed by atoms with van der Waals surface area (Å²) in [6.45, 7) is 1.65. The largest absolute Gasteiger partial charge is 0.309 e. The quantitative estimate of drug-likeness (QED) is 0.879. The molecule has 3 rings (SSSR count). The number of rotatable bonds is 2. The van der Waals surface area contributed by atoms with E-state index in [2.05, 4.69) is 10.3 Å². The van der Waals surface area contributed by atoms with Gasteiger partial charge in [0.2, 0.25) is 0 Å². The lowest BCUT2D eigenvalue weighted by molar-refractivity contribution is 0.147. The Hall–Kier alpha value is -1.81. The zero-order valence-electron chi connectivity index (χ0n) is 9.66. The predicted molar refractivity (Wildman–Crippen MR) is 65.2 cm³/mol. The summed E-state index contributed by atoms with van der Waals surface area (Å²) in [6.07, 6.45) is -1.15. The van der Waals surface area contributed by atoms with Crippen LogP contribution in [-0.2, 0) is 13.1 Å². The summed E-state index contributed by atoms with van der Waals surface area (Å²) in [5.41, 5.74) is 3.59. The lowest BCUT2D eigenvalue weighted by Crippen LogP contribution is -1.99. The van der Waals surface area contributed by atoms with E-state index in [0.29, 0.717) is 5.56 Å². The number of aromatic nitrogens is 1. The Labute approximate surface area is 104 Å². The average Bonchev–Trinajstić information content (AvgIpc) is 2.85. The van der Waals surface area contributed by atoms with E-state index < -0.39 is 6.43 Å². The second-order valence-electron chi connectivity index (χ2n) is 4.32. The van der Waals surface area contributed by atoms with Crippen molar-refractivity contribution in [3.63, 3.8) is 0 Å². The minimum atomic E-state index is -2.55. The number of halogens is 2. The van der Waals surface area contributed by atoms with Crippen molar-refractivity contribution in [1.29, 1.82) is 0 Å². The predicted octanol–water partition coefficient (Wildman–Crippen LogP) is 3.29. The van der Waals surface area contributed by atoms with Crippen molar-refractivity contribution in [1.82, 2.24) is 10.3 Å². The van der Waals surface area contributed by atoms with Gasteiger partial charge >= 0.3 is 0 Å². The van der Waals surface area contributed by atoms with E-state index in [1.165, 1.54) is 17.3 Å². The standard InChI is InChI=1S/C14H12F2N2/c15-14(16)13-12(2-1-5-18-13)9-3-4-10-7-17-8-11(10)6-9/h1-6,14,17H,7-8H2. The maximum Gasteiger partial charge on any atom is 0.280 e. The number of nitrogens with zero attached hydrogens (tertiary/aromatic N) is 1. The number of fused-ring (bicyclic) bond motifs is 1. The SMILES string of the molecule is FC(F)c1ncccc1-c1ccc2c(c1)CNC2. The van der Waals surface area contributed by atoms with E-state index in [1.807, 2.05) is 18.2 Å². The molecule has 2 nitrogen and oxygen atoms in total. The molecule has 0 atom stereocenters. The summed E-state index contributed by atoms with van der Waals surface area (Å²) in [7, 11) is 0. The van der Waals surface area contributed by atoms with Crippen LogP contribution in [0.4, 0.5) is 8.78 Å². The van der Waals surface area contributed by atoms with Gasteiger partial charge in [0.15, 0.2) is 0 Å². The third-order valence-corrected chi connectivity index (χ3v) is 3.19. The van der Waals surface area contributed by atoms with Crippen LogP contribution < -0.4 is 5.32 Å². The van der Waals surface area contributed by atoms with Crippen LogP contribution in [0.5, 0.6) is 0 Å². The minimum Gasteiger partial charge on any atom is -0.309 e. The number of nitrogens with one attached hydrogen (secondary N) is 1. The van der Waals surface area contributed by atoms with Gasteiger partial charge in [-0.05, 0) is 28.8 Å². The molecule has 92 valence electrons. The van der Waals surface area contributed by atoms with Crippen molar-refractivity contribution in [2.24, 2.45) is 0 Å². The first kappa shape index (κ1) is 11.3. The summed E-state index contributed by atoms with van der Waals surface area (Å²) >= 11 is 0. The molecule has 2 heterocycles. The number of hydrogen-bond donors (Lipinski definition) is 1. The van der Waals surface area contributed by atoms with Gasteiger partial charge in [0.1, 0.15) is 5.69 Å². The molecule has 0 fully saturated rings. The van der Waals surface area contributed by atoms with Crippen molar-refractivity contribution in [3.05, 3.63) is 53.3 Å². The molecule has 1 aromatic carbocycles. The molecule has 1 aromatic heterocycles. The van der Waals surface area contributed by atoms with Crippen molar-refractivity contribution in [2.75, 3.05) is 0 Å². The van der Waals surface area contributed by atoms with Crippen LogP contribution in [0.2, 0.25) is 0 Å². The highest BCUT2D eigenvalue weighted by molar-refractivity contribution is 5.67. The smallest absolute Gasteiger partial charge is 0.280 e. The van der Waals surface area contributed by atoms with Gasteiger partial charge in [-0.2, -0.15) is 0 Å². The Morgan fingerprint density at radius 2 is 1.94 bits per heavy atom. The Balaban J connectivity index is 2.10. The summed E-state index contributed by atoms with van der Waals surface area (Å²) in [5.74, 6) is 0. The fourth-order valence-electron chi connectivity index (χ4n) is 2.30. The van der Waals surface area contributed by atoms with Crippen LogP contribution in [-0.4, -0.2) is 4.98 Å². The van der Waals surface area contributed by atoms with Gasteiger partial charge in [0.25, 0.3) is 6.43 Å². The van der Waals surface area contributed by atoms with Crippen LogP contribution in [0.25, 0.3) is 11.1 Å². The van der Waals surface area contributed by atoms with Gasteiger partial charge in [-0.1, -0.05) is 18.2 Å². The maximum absolute atomic E-state index is 12.9. The molecule has 2 aromatic rings. The van der Waals surface area contributed by atoms with Gasteiger partial charge in [0, 0.05) is 24.8 Å². The molecular formula is C14H12F2N2. The Bertz CT molecular complexity index is 582. The van der Waals surface area contributed by atoms with E-state index in [0.717, 1.165) is 18.7 Å². The molecule has 0 amide bonds. The zero-order chi connectivity index (χ0) is 12.5. The van der Waals surface area contributed by atoms with Gasteiger partial charge in [-0.25, -0.2) is 8.78 Å². The molecule has 1 aliphatic heterocycles. The lowest BCUT2D eigenvalue weighted by atomic mass is 9.99. The third kappa shape index (κ3) is 1.88. The van der Waals surface area contributed by atoms with E-state index in [-0.39, 0.29) is 5.69 Å². The molecule has 0 spiro atoms. The molecule has 0 radical (unpaired) electrons. The maximum atomic E-state index is 12.9. The Morgan fingerprint density at radius 1 is 1.11 bits per heavy atom. The summed E-state index contributed by atoms with van der Waals surface area (Å²) in [4.78, 5) is 3.78. The van der Waals surface area contributed by atoms with E-state index >= 15 is 0 Å². The molecular weight excluding hydrogens is 234 g/mol. The Kier molecular flexibility index (Phi) is 2.80. The number of pyridine rings is 1. The first-order valence-electron chi connectivity index (χ1n) is 5.81. The highest BCUT2D eigenvalue weighted by Crippen LogP contribution is 2.31. The third-order valence-electron chi connectivity index (χ3n) is 3.19. The van der Waals surface area contributed by atoms with Crippen LogP contribution in [0.1, 0.15) is 23.2 Å². The molecule has 0 saturated carbocycles. The highest BCUT2D eigenvalue weighted by Gasteiger charge is 2.17. The topological polar surface area (TPSA) is 24.9 Å². The molecule has 4 heteroatoms. The van der Waals surface area contributed by atoms with Crippen molar-refractivity contribution in [2.45, 2.75) is 19.5 Å². The summed E-state index contributed by atoms with van der Waals surface area (Å²) < 4.78 is 25.8. The summed E-state index contributed by atoms with van der Waals surface area (Å²) in [6, 6.07) is 9.23. The van der Waals surface area contributed by atoms with Gasteiger partial charge < -0.3 is 5.32 Å². The number of hydrogen-bond acceptors (Lipinski definition) is 2. The molecule has 0 aliphatic carbocycles. The molecule has 0 bridgehead atoms. The molecule has 0 saturated heterocycles. The van der Waals surface area contributed by atoms with Crippen LogP contribution in [0.15, 0.2) is 36.5 Å². The molecule has 18 heavy (non-hydrogen) atoms. The number of benzene rings is 1. The summed E-state index contributed by atoms with van der Waals surface area (Å²) in [5, 5.41) is 3.24. The van der Waals surface area contributed by atoms with Gasteiger partial charge in [0.05, 0.1) is 0 Å². The zero-order valence-corrected chi connectivity index (χ0v) is 9.66. The van der Waals surface area contributed by atoms with Crippen molar-refractivity contribution in [3.8, 4) is 11.1 Å². The fourth-order valence-corrected chi connectivity index (χ4v) is 2.30. The van der Waals surface area contributed by atoms with Crippen LogP contribution in [0, 0.1) is 0 Å². The van der Waals surface area contributed by atoms with Crippen LogP contribution >= 0.6 is 0 Å². The average molecular weight is 246 g/mol. The van der Waals surface area contributed by atoms with Gasteiger partial charge in [-0.3, -0.25) is 4.98 Å². The van der Waals surface area contributed by atoms with Crippen molar-refractivity contribution >= 4 is 0 Å². The molecule has 0 unspecified atom stereocenters. The minimum absolute atomic E-state index is 0.150.